The number of aromatic nitrogens is 2. The van der Waals surface area contributed by atoms with E-state index < -0.39 is 0 Å². The fraction of sp³-hybridized carbons (Fsp3) is 0. The molecule has 0 N–H and O–H groups in total. The molecule has 0 unspecified atom stereocenters. The second-order valence-electron chi connectivity index (χ2n) is 8.70. The summed E-state index contributed by atoms with van der Waals surface area (Å²) in [6, 6.07) is 41.5. The summed E-state index contributed by atoms with van der Waals surface area (Å²) >= 11 is 0. The maximum Gasteiger partial charge on any atom is 0.160 e. The molecule has 5 aromatic carbocycles. The number of nitrogens with zero attached hydrogens (tertiary/aromatic N) is 2. The fourth-order valence-corrected chi connectivity index (χ4v) is 4.69. The number of fused-ring (bicyclic) bond motifs is 4. The lowest BCUT2D eigenvalue weighted by Gasteiger charge is -2.10. The normalized spacial score (nSPS) is 11.4. The Morgan fingerprint density at radius 2 is 1.11 bits per heavy atom. The zero-order valence-corrected chi connectivity index (χ0v) is 18.8. The Morgan fingerprint density at radius 1 is 0.429 bits per heavy atom. The van der Waals surface area contributed by atoms with Crippen molar-refractivity contribution in [3.8, 4) is 33.9 Å². The highest BCUT2D eigenvalue weighted by molar-refractivity contribution is 6.06. The summed E-state index contributed by atoms with van der Waals surface area (Å²) in [7, 11) is 0. The van der Waals surface area contributed by atoms with Crippen LogP contribution in [0.4, 0.5) is 0 Å². The van der Waals surface area contributed by atoms with Gasteiger partial charge in [-0.15, -0.1) is 0 Å². The van der Waals surface area contributed by atoms with E-state index >= 15 is 0 Å². The summed E-state index contributed by atoms with van der Waals surface area (Å²) in [5.74, 6) is 0.712. The van der Waals surface area contributed by atoms with Crippen LogP contribution in [0.5, 0.6) is 0 Å². The summed E-state index contributed by atoms with van der Waals surface area (Å²) in [5, 5.41) is 4.57. The Morgan fingerprint density at radius 3 is 2.00 bits per heavy atom. The molecule has 0 aliphatic rings. The number of rotatable bonds is 3. The van der Waals surface area contributed by atoms with Gasteiger partial charge in [-0.2, -0.15) is 0 Å². The molecule has 0 saturated carbocycles. The third-order valence-corrected chi connectivity index (χ3v) is 6.48. The maximum atomic E-state index is 6.04. The molecule has 7 rings (SSSR count). The van der Waals surface area contributed by atoms with Crippen molar-refractivity contribution in [1.29, 1.82) is 0 Å². The third-order valence-electron chi connectivity index (χ3n) is 6.48. The number of benzene rings is 5. The lowest BCUT2D eigenvalue weighted by atomic mass is 10.0. The molecule has 35 heavy (non-hydrogen) atoms. The molecular formula is C32H20N2O. The molecule has 0 amide bonds. The third kappa shape index (κ3) is 3.46. The molecule has 0 spiro atoms. The summed E-state index contributed by atoms with van der Waals surface area (Å²) in [6.45, 7) is 0. The predicted octanol–water partition coefficient (Wildman–Crippen LogP) is 8.53. The van der Waals surface area contributed by atoms with E-state index in [0.717, 1.165) is 50.0 Å². The standard InChI is InChI=1S/C32H20N2O/c1-2-9-22(10-3-1)28-20-29(24-16-17-31-27(19-24)26-12-6-7-13-30(26)35-31)34-32(33-28)25-15-14-21-8-4-5-11-23(21)18-25/h1-20H. The average Bonchev–Trinajstić information content (AvgIpc) is 3.31. The van der Waals surface area contributed by atoms with Crippen LogP contribution in [0.25, 0.3) is 66.6 Å². The van der Waals surface area contributed by atoms with Gasteiger partial charge in [0.25, 0.3) is 0 Å². The van der Waals surface area contributed by atoms with Gasteiger partial charge >= 0.3 is 0 Å². The number of para-hydroxylation sites is 1. The van der Waals surface area contributed by atoms with Crippen molar-refractivity contribution in [2.24, 2.45) is 0 Å². The van der Waals surface area contributed by atoms with Crippen molar-refractivity contribution < 1.29 is 4.42 Å². The monoisotopic (exact) mass is 448 g/mol. The fourth-order valence-electron chi connectivity index (χ4n) is 4.69. The molecular weight excluding hydrogens is 428 g/mol. The van der Waals surface area contributed by atoms with Crippen molar-refractivity contribution in [2.75, 3.05) is 0 Å². The van der Waals surface area contributed by atoms with Gasteiger partial charge in [0.05, 0.1) is 11.4 Å². The van der Waals surface area contributed by atoms with Gasteiger partial charge < -0.3 is 4.42 Å². The minimum absolute atomic E-state index is 0.712. The van der Waals surface area contributed by atoms with E-state index in [2.05, 4.69) is 78.9 Å². The Kier molecular flexibility index (Phi) is 4.46. The summed E-state index contributed by atoms with van der Waals surface area (Å²) < 4.78 is 6.04. The van der Waals surface area contributed by atoms with Gasteiger partial charge in [0.15, 0.2) is 5.82 Å². The first-order valence-corrected chi connectivity index (χ1v) is 11.7. The molecule has 164 valence electrons. The van der Waals surface area contributed by atoms with E-state index in [9.17, 15) is 0 Å². The molecule has 0 fully saturated rings. The Bertz CT molecular complexity index is 1850. The molecule has 3 heteroatoms. The summed E-state index contributed by atoms with van der Waals surface area (Å²) in [6.07, 6.45) is 0. The first kappa shape index (κ1) is 19.7. The molecule has 0 radical (unpaired) electrons. The van der Waals surface area contributed by atoms with Crippen molar-refractivity contribution >= 4 is 32.7 Å². The SMILES string of the molecule is c1ccc(-c2cc(-c3ccc4oc5ccccc5c4c3)nc(-c3ccc4ccccc4c3)n2)cc1. The van der Waals surface area contributed by atoms with Crippen LogP contribution in [0.1, 0.15) is 0 Å². The zero-order chi connectivity index (χ0) is 23.2. The van der Waals surface area contributed by atoms with Crippen LogP contribution >= 0.6 is 0 Å². The Balaban J connectivity index is 1.45. The van der Waals surface area contributed by atoms with E-state index in [1.807, 2.05) is 42.5 Å². The Labute approximate surface area is 202 Å². The molecule has 2 heterocycles. The van der Waals surface area contributed by atoms with Gasteiger partial charge in [-0.1, -0.05) is 84.9 Å². The molecule has 2 aromatic heterocycles. The molecule has 7 aromatic rings. The van der Waals surface area contributed by atoms with Crippen molar-refractivity contribution in [1.82, 2.24) is 9.97 Å². The molecule has 0 aliphatic heterocycles. The van der Waals surface area contributed by atoms with Gasteiger partial charge in [0.2, 0.25) is 0 Å². The van der Waals surface area contributed by atoms with Gasteiger partial charge in [0.1, 0.15) is 11.2 Å². The highest BCUT2D eigenvalue weighted by atomic mass is 16.3. The number of hydrogen-bond donors (Lipinski definition) is 0. The van der Waals surface area contributed by atoms with E-state index in [1.165, 1.54) is 10.8 Å². The smallest absolute Gasteiger partial charge is 0.160 e. The topological polar surface area (TPSA) is 38.9 Å². The minimum atomic E-state index is 0.712. The molecule has 0 bridgehead atoms. The Hall–Kier alpha value is -4.76. The van der Waals surface area contributed by atoms with Gasteiger partial charge in [0, 0.05) is 27.5 Å². The highest BCUT2D eigenvalue weighted by Crippen LogP contribution is 2.34. The van der Waals surface area contributed by atoms with Crippen LogP contribution in [0.15, 0.2) is 126 Å². The van der Waals surface area contributed by atoms with Crippen LogP contribution in [0.3, 0.4) is 0 Å². The lowest BCUT2D eigenvalue weighted by Crippen LogP contribution is -1.96. The first-order chi connectivity index (χ1) is 17.3. The van der Waals surface area contributed by atoms with Gasteiger partial charge in [-0.05, 0) is 47.2 Å². The van der Waals surface area contributed by atoms with Crippen molar-refractivity contribution in [3.63, 3.8) is 0 Å². The summed E-state index contributed by atoms with van der Waals surface area (Å²) in [4.78, 5) is 10.0. The highest BCUT2D eigenvalue weighted by Gasteiger charge is 2.13. The average molecular weight is 449 g/mol. The quantitative estimate of drug-likeness (QED) is 0.272. The molecule has 0 saturated heterocycles. The van der Waals surface area contributed by atoms with Gasteiger partial charge in [-0.25, -0.2) is 9.97 Å². The predicted molar refractivity (Wildman–Crippen MR) is 143 cm³/mol. The number of hydrogen-bond acceptors (Lipinski definition) is 3. The molecule has 3 nitrogen and oxygen atoms in total. The largest absolute Gasteiger partial charge is 0.456 e. The zero-order valence-electron chi connectivity index (χ0n) is 18.8. The summed E-state index contributed by atoms with van der Waals surface area (Å²) in [5.41, 5.74) is 6.65. The van der Waals surface area contributed by atoms with Crippen LogP contribution in [-0.4, -0.2) is 9.97 Å². The lowest BCUT2D eigenvalue weighted by molar-refractivity contribution is 0.669. The van der Waals surface area contributed by atoms with Gasteiger partial charge in [-0.3, -0.25) is 0 Å². The first-order valence-electron chi connectivity index (χ1n) is 11.7. The second kappa shape index (κ2) is 7.93. The van der Waals surface area contributed by atoms with Crippen molar-refractivity contribution in [2.45, 2.75) is 0 Å². The maximum absolute atomic E-state index is 6.04. The van der Waals surface area contributed by atoms with E-state index in [1.54, 1.807) is 0 Å². The molecule has 0 atom stereocenters. The molecule has 0 aliphatic carbocycles. The minimum Gasteiger partial charge on any atom is -0.456 e. The van der Waals surface area contributed by atoms with E-state index in [-0.39, 0.29) is 0 Å². The van der Waals surface area contributed by atoms with Crippen LogP contribution in [-0.2, 0) is 0 Å². The van der Waals surface area contributed by atoms with Crippen LogP contribution in [0, 0.1) is 0 Å². The van der Waals surface area contributed by atoms with Crippen LogP contribution < -0.4 is 0 Å². The second-order valence-corrected chi connectivity index (χ2v) is 8.70. The van der Waals surface area contributed by atoms with E-state index in [4.69, 9.17) is 14.4 Å². The number of furan rings is 1. The van der Waals surface area contributed by atoms with Crippen LogP contribution in [0.2, 0.25) is 0 Å². The van der Waals surface area contributed by atoms with Crippen molar-refractivity contribution in [3.05, 3.63) is 121 Å². The van der Waals surface area contributed by atoms with E-state index in [0.29, 0.717) is 5.82 Å².